The van der Waals surface area contributed by atoms with Crippen LogP contribution in [0.1, 0.15) is 5.69 Å². The highest BCUT2D eigenvalue weighted by Crippen LogP contribution is 2.28. The van der Waals surface area contributed by atoms with Crippen LogP contribution in [-0.2, 0) is 6.42 Å². The minimum Gasteiger partial charge on any atom is -0.330 e. The highest BCUT2D eigenvalue weighted by atomic mass is 79.9. The lowest BCUT2D eigenvalue weighted by Gasteiger charge is -2.07. The van der Waals surface area contributed by atoms with Crippen LogP contribution < -0.4 is 5.73 Å². The SMILES string of the molecule is NCCc1cn(-c2ccc(Br)c3ccccc23)nn1. The van der Waals surface area contributed by atoms with E-state index >= 15 is 0 Å². The molecule has 0 aliphatic carbocycles. The average Bonchev–Trinajstić information content (AvgIpc) is 2.88. The summed E-state index contributed by atoms with van der Waals surface area (Å²) >= 11 is 3.57. The van der Waals surface area contributed by atoms with Gasteiger partial charge in [0.2, 0.25) is 0 Å². The van der Waals surface area contributed by atoms with Crippen molar-refractivity contribution in [3.05, 3.63) is 52.8 Å². The summed E-state index contributed by atoms with van der Waals surface area (Å²) in [6.07, 6.45) is 2.68. The van der Waals surface area contributed by atoms with E-state index in [0.717, 1.165) is 33.0 Å². The zero-order chi connectivity index (χ0) is 13.2. The van der Waals surface area contributed by atoms with Crippen LogP contribution in [0.5, 0.6) is 0 Å². The molecule has 0 aliphatic rings. The summed E-state index contributed by atoms with van der Waals surface area (Å²) in [4.78, 5) is 0. The molecule has 0 fully saturated rings. The predicted molar refractivity (Wildman–Crippen MR) is 79.3 cm³/mol. The Morgan fingerprint density at radius 1 is 1.11 bits per heavy atom. The van der Waals surface area contributed by atoms with Gasteiger partial charge in [-0.1, -0.05) is 45.4 Å². The number of aromatic nitrogens is 3. The van der Waals surface area contributed by atoms with Gasteiger partial charge in [-0.2, -0.15) is 0 Å². The van der Waals surface area contributed by atoms with E-state index in [1.807, 2.05) is 30.5 Å². The van der Waals surface area contributed by atoms with Crippen LogP contribution in [0.3, 0.4) is 0 Å². The minimum absolute atomic E-state index is 0.583. The van der Waals surface area contributed by atoms with Gasteiger partial charge in [0.25, 0.3) is 0 Å². The lowest BCUT2D eigenvalue weighted by molar-refractivity contribution is 0.799. The van der Waals surface area contributed by atoms with Crippen molar-refractivity contribution in [2.45, 2.75) is 6.42 Å². The van der Waals surface area contributed by atoms with E-state index in [9.17, 15) is 0 Å². The maximum atomic E-state index is 5.54. The van der Waals surface area contributed by atoms with Crippen molar-refractivity contribution in [1.29, 1.82) is 0 Å². The van der Waals surface area contributed by atoms with E-state index in [1.54, 1.807) is 4.68 Å². The van der Waals surface area contributed by atoms with Gasteiger partial charge in [-0.25, -0.2) is 4.68 Å². The Morgan fingerprint density at radius 2 is 1.89 bits per heavy atom. The van der Waals surface area contributed by atoms with Crippen LogP contribution >= 0.6 is 15.9 Å². The monoisotopic (exact) mass is 316 g/mol. The van der Waals surface area contributed by atoms with Crippen LogP contribution in [-0.4, -0.2) is 21.5 Å². The third-order valence-corrected chi connectivity index (χ3v) is 3.73. The van der Waals surface area contributed by atoms with Gasteiger partial charge in [0.05, 0.1) is 17.6 Å². The van der Waals surface area contributed by atoms with Crippen molar-refractivity contribution >= 4 is 26.7 Å². The highest BCUT2D eigenvalue weighted by molar-refractivity contribution is 9.10. The van der Waals surface area contributed by atoms with Gasteiger partial charge < -0.3 is 5.73 Å². The molecule has 0 atom stereocenters. The molecule has 0 spiro atoms. The van der Waals surface area contributed by atoms with E-state index in [-0.39, 0.29) is 0 Å². The van der Waals surface area contributed by atoms with E-state index < -0.39 is 0 Å². The second-order valence-corrected chi connectivity index (χ2v) is 5.16. The van der Waals surface area contributed by atoms with Crippen LogP contribution in [0.15, 0.2) is 47.1 Å². The average molecular weight is 317 g/mol. The quantitative estimate of drug-likeness (QED) is 0.808. The van der Waals surface area contributed by atoms with Crippen LogP contribution in [0.2, 0.25) is 0 Å². The molecular weight excluding hydrogens is 304 g/mol. The molecule has 5 heteroatoms. The van der Waals surface area contributed by atoms with E-state index in [0.29, 0.717) is 6.54 Å². The molecule has 3 aromatic rings. The Hall–Kier alpha value is -1.72. The second-order valence-electron chi connectivity index (χ2n) is 4.31. The zero-order valence-electron chi connectivity index (χ0n) is 10.3. The number of benzene rings is 2. The summed E-state index contributed by atoms with van der Waals surface area (Å²) in [6.45, 7) is 0.583. The standard InChI is InChI=1S/C14H13BrN4/c15-13-5-6-14(12-4-2-1-3-11(12)13)19-9-10(7-8-16)17-18-19/h1-6,9H,7-8,16H2. The Morgan fingerprint density at radius 3 is 2.68 bits per heavy atom. The molecule has 19 heavy (non-hydrogen) atoms. The van der Waals surface area contributed by atoms with Crippen molar-refractivity contribution in [2.24, 2.45) is 5.73 Å². The van der Waals surface area contributed by atoms with Crippen molar-refractivity contribution < 1.29 is 0 Å². The molecule has 0 saturated carbocycles. The van der Waals surface area contributed by atoms with E-state index in [4.69, 9.17) is 5.73 Å². The highest BCUT2D eigenvalue weighted by Gasteiger charge is 2.08. The molecule has 0 saturated heterocycles. The lowest BCUT2D eigenvalue weighted by Crippen LogP contribution is -2.02. The topological polar surface area (TPSA) is 56.7 Å². The molecule has 2 N–H and O–H groups in total. The number of halogens is 1. The van der Waals surface area contributed by atoms with Gasteiger partial charge in [0.15, 0.2) is 0 Å². The Labute approximate surface area is 119 Å². The molecule has 0 bridgehead atoms. The molecular formula is C14H13BrN4. The molecule has 3 rings (SSSR count). The normalized spacial score (nSPS) is 11.1. The summed E-state index contributed by atoms with van der Waals surface area (Å²) in [7, 11) is 0. The fraction of sp³-hybridized carbons (Fsp3) is 0.143. The first kappa shape index (κ1) is 12.3. The van der Waals surface area contributed by atoms with Gasteiger partial charge in [-0.05, 0) is 24.1 Å². The van der Waals surface area contributed by atoms with Crippen molar-refractivity contribution in [3.63, 3.8) is 0 Å². The van der Waals surface area contributed by atoms with Crippen LogP contribution in [0.25, 0.3) is 16.5 Å². The molecule has 2 aromatic carbocycles. The summed E-state index contributed by atoms with van der Waals surface area (Å²) in [5.41, 5.74) is 7.47. The third kappa shape index (κ3) is 2.27. The molecule has 96 valence electrons. The molecule has 1 aromatic heterocycles. The van der Waals surface area contributed by atoms with Gasteiger partial charge in [0, 0.05) is 16.3 Å². The Bertz CT molecular complexity index is 720. The summed E-state index contributed by atoms with van der Waals surface area (Å²) in [5, 5.41) is 10.6. The van der Waals surface area contributed by atoms with Gasteiger partial charge in [-0.15, -0.1) is 5.10 Å². The first-order chi connectivity index (χ1) is 9.29. The summed E-state index contributed by atoms with van der Waals surface area (Å²) < 4.78 is 2.88. The van der Waals surface area contributed by atoms with Gasteiger partial charge in [0.1, 0.15) is 0 Å². The maximum absolute atomic E-state index is 5.54. The number of nitrogens with two attached hydrogens (primary N) is 1. The molecule has 0 unspecified atom stereocenters. The van der Waals surface area contributed by atoms with Crippen molar-refractivity contribution in [1.82, 2.24) is 15.0 Å². The van der Waals surface area contributed by atoms with Crippen LogP contribution in [0, 0.1) is 0 Å². The molecule has 0 radical (unpaired) electrons. The smallest absolute Gasteiger partial charge is 0.0844 e. The van der Waals surface area contributed by atoms with Crippen molar-refractivity contribution in [3.8, 4) is 5.69 Å². The molecule has 0 aliphatic heterocycles. The fourth-order valence-electron chi connectivity index (χ4n) is 2.12. The molecule has 0 amide bonds. The number of hydrogen-bond donors (Lipinski definition) is 1. The van der Waals surface area contributed by atoms with E-state index in [2.05, 4.69) is 38.4 Å². The van der Waals surface area contributed by atoms with Crippen molar-refractivity contribution in [2.75, 3.05) is 6.54 Å². The van der Waals surface area contributed by atoms with E-state index in [1.165, 1.54) is 0 Å². The third-order valence-electron chi connectivity index (χ3n) is 3.04. The van der Waals surface area contributed by atoms with Crippen LogP contribution in [0.4, 0.5) is 0 Å². The number of hydrogen-bond acceptors (Lipinski definition) is 3. The maximum Gasteiger partial charge on any atom is 0.0844 e. The number of fused-ring (bicyclic) bond motifs is 1. The number of rotatable bonds is 3. The largest absolute Gasteiger partial charge is 0.330 e. The Balaban J connectivity index is 2.16. The first-order valence-corrected chi connectivity index (χ1v) is 6.88. The zero-order valence-corrected chi connectivity index (χ0v) is 11.8. The first-order valence-electron chi connectivity index (χ1n) is 6.08. The lowest BCUT2D eigenvalue weighted by atomic mass is 10.1. The summed E-state index contributed by atoms with van der Waals surface area (Å²) in [6, 6.07) is 12.3. The Kier molecular flexibility index (Phi) is 3.31. The summed E-state index contributed by atoms with van der Waals surface area (Å²) in [5.74, 6) is 0. The number of nitrogens with zero attached hydrogens (tertiary/aromatic N) is 3. The minimum atomic E-state index is 0.583. The fourth-order valence-corrected chi connectivity index (χ4v) is 2.60. The molecule has 4 nitrogen and oxygen atoms in total. The second kappa shape index (κ2) is 5.11. The van der Waals surface area contributed by atoms with Gasteiger partial charge >= 0.3 is 0 Å². The van der Waals surface area contributed by atoms with Gasteiger partial charge in [-0.3, -0.25) is 0 Å². The predicted octanol–water partition coefficient (Wildman–Crippen LogP) is 2.68. The molecule has 1 heterocycles.